The first kappa shape index (κ1) is 17.3. The molecule has 1 aliphatic heterocycles. The summed E-state index contributed by atoms with van der Waals surface area (Å²) in [5.41, 5.74) is 3.03. The van der Waals surface area contributed by atoms with Gasteiger partial charge in [-0.1, -0.05) is 0 Å². The van der Waals surface area contributed by atoms with Crippen LogP contribution in [0, 0.1) is 5.82 Å². The van der Waals surface area contributed by atoms with Crippen molar-refractivity contribution in [1.29, 1.82) is 0 Å². The molecule has 0 N–H and O–H groups in total. The zero-order valence-electron chi connectivity index (χ0n) is 14.8. The Bertz CT molecular complexity index is 930. The summed E-state index contributed by atoms with van der Waals surface area (Å²) in [5.74, 6) is -0.205. The van der Waals surface area contributed by atoms with Crippen molar-refractivity contribution in [2.45, 2.75) is 18.8 Å². The van der Waals surface area contributed by atoms with Gasteiger partial charge in [0.15, 0.2) is 0 Å². The molecule has 1 fully saturated rings. The number of halogens is 1. The summed E-state index contributed by atoms with van der Waals surface area (Å²) in [6.07, 6.45) is 8.40. The van der Waals surface area contributed by atoms with E-state index in [1.54, 1.807) is 49.1 Å². The van der Waals surface area contributed by atoms with E-state index in [1.807, 2.05) is 4.90 Å². The third kappa shape index (κ3) is 3.69. The number of amides is 1. The van der Waals surface area contributed by atoms with E-state index >= 15 is 0 Å². The lowest BCUT2D eigenvalue weighted by atomic mass is 9.91. The molecule has 3 aromatic rings. The van der Waals surface area contributed by atoms with E-state index in [9.17, 15) is 9.18 Å². The number of carbonyl (C=O) groups excluding carboxylic acids is 1. The van der Waals surface area contributed by atoms with Gasteiger partial charge in [-0.25, -0.2) is 4.39 Å². The summed E-state index contributed by atoms with van der Waals surface area (Å²) >= 11 is 0. The number of pyridine rings is 1. The van der Waals surface area contributed by atoms with Crippen LogP contribution in [-0.2, 0) is 0 Å². The molecular formula is C21H19FN4O. The van der Waals surface area contributed by atoms with E-state index < -0.39 is 0 Å². The van der Waals surface area contributed by atoms with Crippen molar-refractivity contribution < 1.29 is 9.18 Å². The fraction of sp³-hybridized carbons (Fsp3) is 0.238. The van der Waals surface area contributed by atoms with Crippen LogP contribution in [0.2, 0.25) is 0 Å². The number of hydrogen-bond donors (Lipinski definition) is 0. The van der Waals surface area contributed by atoms with Gasteiger partial charge in [0.05, 0.1) is 17.0 Å². The van der Waals surface area contributed by atoms with Crippen LogP contribution in [-0.4, -0.2) is 38.8 Å². The maximum Gasteiger partial charge on any atom is 0.255 e. The molecule has 0 bridgehead atoms. The van der Waals surface area contributed by atoms with Crippen LogP contribution in [0.1, 0.15) is 34.8 Å². The van der Waals surface area contributed by atoms with Crippen molar-refractivity contribution in [1.82, 2.24) is 19.9 Å². The topological polar surface area (TPSA) is 59.0 Å². The monoisotopic (exact) mass is 362 g/mol. The van der Waals surface area contributed by atoms with Gasteiger partial charge in [0.1, 0.15) is 5.82 Å². The Labute approximate surface area is 156 Å². The molecule has 1 aromatic carbocycles. The number of rotatable bonds is 3. The summed E-state index contributed by atoms with van der Waals surface area (Å²) in [4.78, 5) is 27.7. The van der Waals surface area contributed by atoms with Crippen LogP contribution in [0.15, 0.2) is 61.2 Å². The number of likely N-dealkylation sites (tertiary alicyclic amines) is 1. The second-order valence-corrected chi connectivity index (χ2v) is 6.63. The summed E-state index contributed by atoms with van der Waals surface area (Å²) in [5, 5.41) is 0. The molecule has 5 nitrogen and oxygen atoms in total. The standard InChI is InChI=1S/C21H19FN4O/c22-18-7-5-15(6-8-18)19-20(25-11-10-24-19)17-4-2-12-26(14-17)21(27)16-3-1-9-23-13-16/h1,3,5-11,13,17H,2,4,12,14H2. The van der Waals surface area contributed by atoms with Crippen LogP contribution in [0.3, 0.4) is 0 Å². The highest BCUT2D eigenvalue weighted by molar-refractivity contribution is 5.94. The van der Waals surface area contributed by atoms with E-state index in [2.05, 4.69) is 15.0 Å². The van der Waals surface area contributed by atoms with Gasteiger partial charge in [-0.3, -0.25) is 19.7 Å². The van der Waals surface area contributed by atoms with Crippen molar-refractivity contribution in [2.24, 2.45) is 0 Å². The number of benzene rings is 1. The Morgan fingerprint density at radius 2 is 1.89 bits per heavy atom. The van der Waals surface area contributed by atoms with Gasteiger partial charge in [-0.15, -0.1) is 0 Å². The first-order valence-electron chi connectivity index (χ1n) is 8.98. The molecule has 3 heterocycles. The lowest BCUT2D eigenvalue weighted by molar-refractivity contribution is 0.0705. The Balaban J connectivity index is 1.60. The number of carbonyl (C=O) groups is 1. The molecule has 6 heteroatoms. The average Bonchev–Trinajstić information content (AvgIpc) is 2.74. The molecule has 0 aliphatic carbocycles. The Hall–Kier alpha value is -3.15. The number of aromatic nitrogens is 3. The van der Waals surface area contributed by atoms with Gasteiger partial charge < -0.3 is 4.90 Å². The van der Waals surface area contributed by atoms with Gasteiger partial charge in [-0.05, 0) is 49.2 Å². The molecule has 27 heavy (non-hydrogen) atoms. The zero-order chi connectivity index (χ0) is 18.6. The summed E-state index contributed by atoms with van der Waals surface area (Å²) in [7, 11) is 0. The normalized spacial score (nSPS) is 16.9. The molecule has 2 aromatic heterocycles. The molecule has 136 valence electrons. The molecule has 1 unspecified atom stereocenters. The number of piperidine rings is 1. The Kier molecular flexibility index (Phi) is 4.87. The highest BCUT2D eigenvalue weighted by Gasteiger charge is 2.28. The van der Waals surface area contributed by atoms with Gasteiger partial charge in [0.25, 0.3) is 5.91 Å². The SMILES string of the molecule is O=C(c1cccnc1)N1CCCC(c2nccnc2-c2ccc(F)cc2)C1. The van der Waals surface area contributed by atoms with E-state index in [-0.39, 0.29) is 17.6 Å². The van der Waals surface area contributed by atoms with Gasteiger partial charge in [0, 0.05) is 49.4 Å². The largest absolute Gasteiger partial charge is 0.338 e. The molecule has 4 rings (SSSR count). The third-order valence-corrected chi connectivity index (χ3v) is 4.85. The fourth-order valence-electron chi connectivity index (χ4n) is 3.53. The number of nitrogens with zero attached hydrogens (tertiary/aromatic N) is 4. The summed E-state index contributed by atoms with van der Waals surface area (Å²) < 4.78 is 13.3. The second-order valence-electron chi connectivity index (χ2n) is 6.63. The fourth-order valence-corrected chi connectivity index (χ4v) is 3.53. The van der Waals surface area contributed by atoms with Gasteiger partial charge in [0.2, 0.25) is 0 Å². The van der Waals surface area contributed by atoms with Crippen molar-refractivity contribution in [3.8, 4) is 11.3 Å². The van der Waals surface area contributed by atoms with Crippen LogP contribution >= 0.6 is 0 Å². The lowest BCUT2D eigenvalue weighted by Crippen LogP contribution is -2.39. The zero-order valence-corrected chi connectivity index (χ0v) is 14.8. The van der Waals surface area contributed by atoms with E-state index in [1.165, 1.54) is 12.1 Å². The third-order valence-electron chi connectivity index (χ3n) is 4.85. The molecular weight excluding hydrogens is 343 g/mol. The summed E-state index contributed by atoms with van der Waals surface area (Å²) in [6, 6.07) is 9.82. The molecule has 1 saturated heterocycles. The highest BCUT2D eigenvalue weighted by atomic mass is 19.1. The Morgan fingerprint density at radius 3 is 2.67 bits per heavy atom. The van der Waals surface area contributed by atoms with Crippen molar-refractivity contribution >= 4 is 5.91 Å². The smallest absolute Gasteiger partial charge is 0.255 e. The minimum absolute atomic E-state index is 0.0139. The maximum atomic E-state index is 13.3. The quantitative estimate of drug-likeness (QED) is 0.713. The maximum absolute atomic E-state index is 13.3. The molecule has 0 saturated carbocycles. The molecule has 0 spiro atoms. The van der Waals surface area contributed by atoms with Crippen LogP contribution in [0.5, 0.6) is 0 Å². The average molecular weight is 362 g/mol. The summed E-state index contributed by atoms with van der Waals surface area (Å²) in [6.45, 7) is 1.30. The molecule has 0 radical (unpaired) electrons. The van der Waals surface area contributed by atoms with Crippen LogP contribution in [0.25, 0.3) is 11.3 Å². The van der Waals surface area contributed by atoms with E-state index in [0.29, 0.717) is 12.1 Å². The number of hydrogen-bond acceptors (Lipinski definition) is 4. The molecule has 1 amide bonds. The molecule has 1 aliphatic rings. The van der Waals surface area contributed by atoms with E-state index in [4.69, 9.17) is 0 Å². The van der Waals surface area contributed by atoms with Crippen LogP contribution < -0.4 is 0 Å². The van der Waals surface area contributed by atoms with E-state index in [0.717, 1.165) is 36.3 Å². The van der Waals surface area contributed by atoms with Crippen molar-refractivity contribution in [3.05, 3.63) is 78.3 Å². The minimum atomic E-state index is -0.282. The van der Waals surface area contributed by atoms with Crippen molar-refractivity contribution in [2.75, 3.05) is 13.1 Å². The lowest BCUT2D eigenvalue weighted by Gasteiger charge is -2.33. The van der Waals surface area contributed by atoms with Gasteiger partial charge in [-0.2, -0.15) is 0 Å². The van der Waals surface area contributed by atoms with Crippen molar-refractivity contribution in [3.63, 3.8) is 0 Å². The Morgan fingerprint density at radius 1 is 1.07 bits per heavy atom. The first-order valence-corrected chi connectivity index (χ1v) is 8.98. The predicted octanol–water partition coefficient (Wildman–Crippen LogP) is 3.70. The second kappa shape index (κ2) is 7.61. The first-order chi connectivity index (χ1) is 13.2. The minimum Gasteiger partial charge on any atom is -0.338 e. The highest BCUT2D eigenvalue weighted by Crippen LogP contribution is 2.32. The molecule has 1 atom stereocenters. The van der Waals surface area contributed by atoms with Gasteiger partial charge >= 0.3 is 0 Å². The predicted molar refractivity (Wildman–Crippen MR) is 99.5 cm³/mol. The van der Waals surface area contributed by atoms with Crippen LogP contribution in [0.4, 0.5) is 4.39 Å².